The molecule has 0 aliphatic carbocycles. The number of aryl methyl sites for hydroxylation is 1. The van der Waals surface area contributed by atoms with Gasteiger partial charge in [-0.1, -0.05) is 0 Å². The molecular formula is C22H16N8OS. The van der Waals surface area contributed by atoms with Crippen molar-refractivity contribution in [2.45, 2.75) is 6.92 Å². The standard InChI is InChI=1S/C22H16N8OS/c1-11(31)17-5-6-18(32-17)13-8-23-9-16-19(13)27-22(26-16)21-20-15(28-29-21)4-3-14(25-20)12-7-24-30(2)10-12/h3-10H,1-2H3,(H,26,27)(H,28,29). The second-order valence-corrected chi connectivity index (χ2v) is 8.54. The largest absolute Gasteiger partial charge is 0.335 e. The third-order valence-electron chi connectivity index (χ3n) is 5.25. The number of carbonyl (C=O) groups is 1. The minimum atomic E-state index is 0.0441. The maximum absolute atomic E-state index is 11.7. The number of ketones is 1. The lowest BCUT2D eigenvalue weighted by atomic mass is 10.2. The zero-order valence-corrected chi connectivity index (χ0v) is 17.9. The first kappa shape index (κ1) is 18.6. The molecule has 156 valence electrons. The zero-order chi connectivity index (χ0) is 21.8. The van der Waals surface area contributed by atoms with E-state index in [1.165, 1.54) is 11.3 Å². The molecule has 0 unspecified atom stereocenters. The number of aromatic nitrogens is 8. The van der Waals surface area contributed by atoms with Crippen LogP contribution >= 0.6 is 11.3 Å². The second-order valence-electron chi connectivity index (χ2n) is 7.46. The van der Waals surface area contributed by atoms with Crippen LogP contribution in [0.2, 0.25) is 0 Å². The number of hydrogen-bond acceptors (Lipinski definition) is 7. The number of Topliss-reactive ketones (excluding diaryl/α,β-unsaturated/α-hetero) is 1. The summed E-state index contributed by atoms with van der Waals surface area (Å²) in [5.41, 5.74) is 6.32. The fraction of sp³-hybridized carbons (Fsp3) is 0.0909. The molecule has 9 nitrogen and oxygen atoms in total. The number of H-pyrrole nitrogens is 2. The minimum Gasteiger partial charge on any atom is -0.335 e. The fourth-order valence-corrected chi connectivity index (χ4v) is 4.59. The topological polar surface area (TPSA) is 118 Å². The van der Waals surface area contributed by atoms with Gasteiger partial charge >= 0.3 is 0 Å². The summed E-state index contributed by atoms with van der Waals surface area (Å²) in [6, 6.07) is 7.65. The Morgan fingerprint density at radius 3 is 2.72 bits per heavy atom. The molecule has 6 aromatic heterocycles. The van der Waals surface area contributed by atoms with Crippen molar-refractivity contribution < 1.29 is 4.79 Å². The number of rotatable bonds is 4. The summed E-state index contributed by atoms with van der Waals surface area (Å²) in [5.74, 6) is 0.641. The van der Waals surface area contributed by atoms with Gasteiger partial charge in [-0.3, -0.25) is 19.6 Å². The van der Waals surface area contributed by atoms with E-state index in [0.717, 1.165) is 43.8 Å². The Hall–Kier alpha value is -4.18. The van der Waals surface area contributed by atoms with Gasteiger partial charge in [0, 0.05) is 35.4 Å². The highest BCUT2D eigenvalue weighted by molar-refractivity contribution is 7.17. The summed E-state index contributed by atoms with van der Waals surface area (Å²) in [6.07, 6.45) is 7.20. The number of carbonyl (C=O) groups excluding carboxylic acids is 1. The second kappa shape index (κ2) is 6.92. The quantitative estimate of drug-likeness (QED) is 0.396. The van der Waals surface area contributed by atoms with Crippen LogP contribution in [0, 0.1) is 0 Å². The number of nitrogens with zero attached hydrogens (tertiary/aromatic N) is 6. The smallest absolute Gasteiger partial charge is 0.169 e. The number of hydrogen-bond donors (Lipinski definition) is 2. The van der Waals surface area contributed by atoms with E-state index in [1.807, 2.05) is 37.5 Å². The summed E-state index contributed by atoms with van der Waals surface area (Å²) in [6.45, 7) is 1.57. The molecule has 6 heterocycles. The molecule has 0 aliphatic rings. The predicted molar refractivity (Wildman–Crippen MR) is 122 cm³/mol. The Bertz CT molecular complexity index is 1640. The van der Waals surface area contributed by atoms with Crippen molar-refractivity contribution in [1.29, 1.82) is 0 Å². The highest BCUT2D eigenvalue weighted by Gasteiger charge is 2.18. The molecule has 0 bridgehead atoms. The lowest BCUT2D eigenvalue weighted by Gasteiger charge is -1.98. The normalized spacial score (nSPS) is 11.6. The molecule has 0 radical (unpaired) electrons. The maximum atomic E-state index is 11.7. The summed E-state index contributed by atoms with van der Waals surface area (Å²) < 4.78 is 1.74. The van der Waals surface area contributed by atoms with Gasteiger partial charge in [0.15, 0.2) is 17.3 Å². The highest BCUT2D eigenvalue weighted by Crippen LogP contribution is 2.34. The number of nitrogens with one attached hydrogen (secondary N) is 2. The van der Waals surface area contributed by atoms with Crippen molar-refractivity contribution >= 4 is 39.2 Å². The number of imidazole rings is 1. The van der Waals surface area contributed by atoms with Crippen LogP contribution in [-0.2, 0) is 7.05 Å². The highest BCUT2D eigenvalue weighted by atomic mass is 32.1. The molecule has 0 atom stereocenters. The molecule has 10 heteroatoms. The maximum Gasteiger partial charge on any atom is 0.169 e. The SMILES string of the molecule is CC(=O)c1ccc(-c2cncc3[nH]c(-c4n[nH]c5ccc(-c6cnn(C)c6)nc45)nc23)s1. The van der Waals surface area contributed by atoms with Gasteiger partial charge in [0.05, 0.1) is 34.0 Å². The van der Waals surface area contributed by atoms with Gasteiger partial charge in [0.1, 0.15) is 11.0 Å². The molecule has 0 saturated carbocycles. The van der Waals surface area contributed by atoms with E-state index in [0.29, 0.717) is 16.4 Å². The van der Waals surface area contributed by atoms with Gasteiger partial charge in [-0.05, 0) is 31.2 Å². The van der Waals surface area contributed by atoms with Gasteiger partial charge in [-0.15, -0.1) is 11.3 Å². The van der Waals surface area contributed by atoms with Crippen LogP contribution < -0.4 is 0 Å². The van der Waals surface area contributed by atoms with E-state index >= 15 is 0 Å². The van der Waals surface area contributed by atoms with E-state index in [9.17, 15) is 4.79 Å². The van der Waals surface area contributed by atoms with E-state index in [-0.39, 0.29) is 5.78 Å². The van der Waals surface area contributed by atoms with Crippen LogP contribution in [0.5, 0.6) is 0 Å². The van der Waals surface area contributed by atoms with E-state index in [2.05, 4.69) is 25.3 Å². The average Bonchev–Trinajstić information content (AvgIpc) is 3.56. The van der Waals surface area contributed by atoms with Crippen LogP contribution in [0.25, 0.3) is 55.3 Å². The number of aromatic amines is 2. The predicted octanol–water partition coefficient (Wildman–Crippen LogP) is 4.23. The molecule has 6 aromatic rings. The molecule has 6 rings (SSSR count). The number of fused-ring (bicyclic) bond motifs is 2. The molecule has 0 aliphatic heterocycles. The van der Waals surface area contributed by atoms with Gasteiger partial charge in [0.25, 0.3) is 0 Å². The first-order valence-electron chi connectivity index (χ1n) is 9.86. The van der Waals surface area contributed by atoms with Crippen molar-refractivity contribution in [3.8, 4) is 33.2 Å². The molecule has 2 N–H and O–H groups in total. The molecule has 0 fully saturated rings. The van der Waals surface area contributed by atoms with Crippen molar-refractivity contribution in [2.75, 3.05) is 0 Å². The zero-order valence-electron chi connectivity index (χ0n) is 17.1. The van der Waals surface area contributed by atoms with Crippen molar-refractivity contribution in [1.82, 2.24) is 39.9 Å². The van der Waals surface area contributed by atoms with Crippen LogP contribution in [-0.4, -0.2) is 45.7 Å². The molecule has 32 heavy (non-hydrogen) atoms. The number of thiophene rings is 1. The molecular weight excluding hydrogens is 424 g/mol. The summed E-state index contributed by atoms with van der Waals surface area (Å²) >= 11 is 1.43. The van der Waals surface area contributed by atoms with Crippen molar-refractivity contribution in [3.05, 3.63) is 53.9 Å². The molecule has 0 spiro atoms. The van der Waals surface area contributed by atoms with Crippen molar-refractivity contribution in [3.63, 3.8) is 0 Å². The number of pyridine rings is 2. The Labute approximate surface area is 185 Å². The van der Waals surface area contributed by atoms with Crippen LogP contribution in [0.1, 0.15) is 16.6 Å². The fourth-order valence-electron chi connectivity index (χ4n) is 3.68. The lowest BCUT2D eigenvalue weighted by Crippen LogP contribution is -1.87. The van der Waals surface area contributed by atoms with Gasteiger partial charge in [0.2, 0.25) is 0 Å². The Morgan fingerprint density at radius 2 is 1.94 bits per heavy atom. The van der Waals surface area contributed by atoms with Gasteiger partial charge in [-0.25, -0.2) is 9.97 Å². The molecule has 0 saturated heterocycles. The van der Waals surface area contributed by atoms with Crippen LogP contribution in [0.4, 0.5) is 0 Å². The summed E-state index contributed by atoms with van der Waals surface area (Å²) in [5, 5.41) is 11.7. The molecule has 0 amide bonds. The Kier molecular flexibility index (Phi) is 4.02. The van der Waals surface area contributed by atoms with E-state index < -0.39 is 0 Å². The van der Waals surface area contributed by atoms with Gasteiger partial charge in [-0.2, -0.15) is 10.2 Å². The lowest BCUT2D eigenvalue weighted by molar-refractivity contribution is 0.102. The Balaban J connectivity index is 1.49. The van der Waals surface area contributed by atoms with Gasteiger partial charge < -0.3 is 4.98 Å². The third kappa shape index (κ3) is 2.92. The van der Waals surface area contributed by atoms with Crippen LogP contribution in [0.15, 0.2) is 49.1 Å². The first-order valence-corrected chi connectivity index (χ1v) is 10.7. The molecule has 0 aromatic carbocycles. The minimum absolute atomic E-state index is 0.0441. The summed E-state index contributed by atoms with van der Waals surface area (Å²) in [7, 11) is 1.87. The van der Waals surface area contributed by atoms with E-state index in [4.69, 9.17) is 9.97 Å². The monoisotopic (exact) mass is 440 g/mol. The van der Waals surface area contributed by atoms with Crippen LogP contribution in [0.3, 0.4) is 0 Å². The Morgan fingerprint density at radius 1 is 1.03 bits per heavy atom. The average molecular weight is 440 g/mol. The van der Waals surface area contributed by atoms with Crippen molar-refractivity contribution in [2.24, 2.45) is 7.05 Å². The third-order valence-corrected chi connectivity index (χ3v) is 6.46. The first-order chi connectivity index (χ1) is 15.6. The summed E-state index contributed by atoms with van der Waals surface area (Å²) in [4.78, 5) is 30.7. The van der Waals surface area contributed by atoms with E-state index in [1.54, 1.807) is 30.2 Å².